The second kappa shape index (κ2) is 3.32. The van der Waals surface area contributed by atoms with Gasteiger partial charge in [-0.05, 0) is 6.92 Å². The van der Waals surface area contributed by atoms with E-state index < -0.39 is 24.7 Å². The van der Waals surface area contributed by atoms with Crippen molar-refractivity contribution < 1.29 is 26.3 Å². The fourth-order valence-corrected chi connectivity index (χ4v) is 0.387. The van der Waals surface area contributed by atoms with Crippen molar-refractivity contribution in [3.8, 4) is 0 Å². The molecule has 0 radical (unpaired) electrons. The zero-order chi connectivity index (χ0) is 9.23. The van der Waals surface area contributed by atoms with Gasteiger partial charge in [0.15, 0.2) is 6.17 Å². The molecule has 0 aliphatic heterocycles. The molecule has 2 atom stereocenters. The summed E-state index contributed by atoms with van der Waals surface area (Å²) < 4.78 is 70.0. The third-order valence-corrected chi connectivity index (χ3v) is 1.12. The van der Waals surface area contributed by atoms with Gasteiger partial charge in [0.1, 0.15) is 0 Å². The minimum Gasteiger partial charge on any atom is -0.241 e. The van der Waals surface area contributed by atoms with E-state index in [1.54, 1.807) is 0 Å². The molecule has 0 saturated heterocycles. The first-order valence-electron chi connectivity index (χ1n) is 2.74. The van der Waals surface area contributed by atoms with E-state index in [0.29, 0.717) is 6.92 Å². The van der Waals surface area contributed by atoms with Crippen molar-refractivity contribution in [2.24, 2.45) is 0 Å². The maximum atomic E-state index is 12.0. The zero-order valence-corrected chi connectivity index (χ0v) is 5.50. The van der Waals surface area contributed by atoms with Crippen molar-refractivity contribution in [1.82, 2.24) is 0 Å². The van der Waals surface area contributed by atoms with Crippen LogP contribution >= 0.6 is 0 Å². The molecular formula is C5H6F6. The lowest BCUT2D eigenvalue weighted by molar-refractivity contribution is -0.161. The highest BCUT2D eigenvalue weighted by molar-refractivity contribution is 4.83. The predicted octanol–water partition coefficient (Wildman–Crippen LogP) is 2.58. The van der Waals surface area contributed by atoms with Crippen LogP contribution in [0.15, 0.2) is 0 Å². The van der Waals surface area contributed by atoms with E-state index in [0.717, 1.165) is 0 Å². The maximum absolute atomic E-state index is 12.0. The van der Waals surface area contributed by atoms with Gasteiger partial charge in [0.25, 0.3) is 6.43 Å². The normalized spacial score (nSPS) is 18.5. The van der Waals surface area contributed by atoms with Crippen LogP contribution in [-0.4, -0.2) is 24.7 Å². The SMILES string of the molecule is CC(F)C(F)(F)C(F)C(F)F. The molecule has 0 aliphatic carbocycles. The molecule has 0 nitrogen and oxygen atoms in total. The van der Waals surface area contributed by atoms with E-state index in [1.165, 1.54) is 0 Å². The van der Waals surface area contributed by atoms with Gasteiger partial charge >= 0.3 is 5.92 Å². The highest BCUT2D eigenvalue weighted by Gasteiger charge is 2.50. The first-order valence-corrected chi connectivity index (χ1v) is 2.74. The summed E-state index contributed by atoms with van der Waals surface area (Å²) in [6.45, 7) is 0.328. The summed E-state index contributed by atoms with van der Waals surface area (Å²) >= 11 is 0. The largest absolute Gasteiger partial charge is 0.314 e. The van der Waals surface area contributed by atoms with Crippen molar-refractivity contribution in [3.63, 3.8) is 0 Å². The molecule has 0 amide bonds. The predicted molar refractivity (Wildman–Crippen MR) is 26.4 cm³/mol. The molecule has 0 saturated carbocycles. The van der Waals surface area contributed by atoms with Gasteiger partial charge in [0.05, 0.1) is 0 Å². The summed E-state index contributed by atoms with van der Waals surface area (Å²) in [7, 11) is 0. The van der Waals surface area contributed by atoms with Gasteiger partial charge < -0.3 is 0 Å². The van der Waals surface area contributed by atoms with Crippen LogP contribution < -0.4 is 0 Å². The van der Waals surface area contributed by atoms with Gasteiger partial charge in [0, 0.05) is 0 Å². The molecule has 0 heterocycles. The van der Waals surface area contributed by atoms with Crippen LogP contribution in [0.4, 0.5) is 26.3 Å². The van der Waals surface area contributed by atoms with Crippen molar-refractivity contribution in [2.75, 3.05) is 0 Å². The summed E-state index contributed by atoms with van der Waals surface area (Å²) in [6, 6.07) is 0. The van der Waals surface area contributed by atoms with E-state index in [1.807, 2.05) is 0 Å². The molecule has 68 valence electrons. The standard InChI is InChI=1S/C5H6F6/c1-2(6)5(10,11)3(7)4(8)9/h2-4H,1H3. The summed E-state index contributed by atoms with van der Waals surface area (Å²) in [5, 5.41) is 0. The lowest BCUT2D eigenvalue weighted by Gasteiger charge is -2.20. The Hall–Kier alpha value is -0.420. The van der Waals surface area contributed by atoms with E-state index in [2.05, 4.69) is 0 Å². The van der Waals surface area contributed by atoms with Crippen LogP contribution in [0, 0.1) is 0 Å². The van der Waals surface area contributed by atoms with Crippen LogP contribution in [-0.2, 0) is 0 Å². The van der Waals surface area contributed by atoms with Gasteiger partial charge in [-0.1, -0.05) is 0 Å². The van der Waals surface area contributed by atoms with E-state index in [-0.39, 0.29) is 0 Å². The third kappa shape index (κ3) is 2.27. The van der Waals surface area contributed by atoms with Crippen LogP contribution in [0.3, 0.4) is 0 Å². The van der Waals surface area contributed by atoms with Crippen LogP contribution in [0.25, 0.3) is 0 Å². The smallest absolute Gasteiger partial charge is 0.241 e. The number of hydrogen-bond acceptors (Lipinski definition) is 0. The first-order chi connectivity index (χ1) is 4.80. The number of hydrogen-bond donors (Lipinski definition) is 0. The van der Waals surface area contributed by atoms with Crippen LogP contribution in [0.5, 0.6) is 0 Å². The average molecular weight is 180 g/mol. The first kappa shape index (κ1) is 10.6. The Kier molecular flexibility index (Phi) is 3.19. The Morgan fingerprint density at radius 1 is 1.00 bits per heavy atom. The molecule has 0 aliphatic rings. The Balaban J connectivity index is 4.29. The lowest BCUT2D eigenvalue weighted by atomic mass is 10.1. The second-order valence-electron chi connectivity index (χ2n) is 2.03. The highest BCUT2D eigenvalue weighted by Crippen LogP contribution is 2.31. The van der Waals surface area contributed by atoms with Crippen molar-refractivity contribution >= 4 is 0 Å². The Bertz CT molecular complexity index is 120. The zero-order valence-electron chi connectivity index (χ0n) is 5.50. The molecule has 0 fully saturated rings. The Labute approximate surface area is 59.2 Å². The van der Waals surface area contributed by atoms with Crippen molar-refractivity contribution in [1.29, 1.82) is 0 Å². The molecular weight excluding hydrogens is 174 g/mol. The van der Waals surface area contributed by atoms with E-state index >= 15 is 0 Å². The van der Waals surface area contributed by atoms with Crippen LogP contribution in [0.1, 0.15) is 6.92 Å². The topological polar surface area (TPSA) is 0 Å². The number of halogens is 6. The monoisotopic (exact) mass is 180 g/mol. The average Bonchev–Trinajstić information content (AvgIpc) is 1.85. The van der Waals surface area contributed by atoms with Crippen LogP contribution in [0.2, 0.25) is 0 Å². The second-order valence-corrected chi connectivity index (χ2v) is 2.03. The molecule has 11 heavy (non-hydrogen) atoms. The quantitative estimate of drug-likeness (QED) is 0.585. The van der Waals surface area contributed by atoms with Gasteiger partial charge in [-0.2, -0.15) is 8.78 Å². The van der Waals surface area contributed by atoms with E-state index in [4.69, 9.17) is 0 Å². The minimum absolute atomic E-state index is 0.328. The highest BCUT2D eigenvalue weighted by atomic mass is 19.3. The fourth-order valence-electron chi connectivity index (χ4n) is 0.387. The summed E-state index contributed by atoms with van der Waals surface area (Å²) in [5.74, 6) is -4.60. The molecule has 6 heteroatoms. The molecule has 0 rings (SSSR count). The van der Waals surface area contributed by atoms with Gasteiger partial charge in [-0.3, -0.25) is 0 Å². The molecule has 0 aromatic heterocycles. The summed E-state index contributed by atoms with van der Waals surface area (Å²) in [5.41, 5.74) is 0. The van der Waals surface area contributed by atoms with Gasteiger partial charge in [0.2, 0.25) is 6.17 Å². The van der Waals surface area contributed by atoms with Gasteiger partial charge in [-0.15, -0.1) is 0 Å². The van der Waals surface area contributed by atoms with Crippen molar-refractivity contribution in [2.45, 2.75) is 31.6 Å². The summed E-state index contributed by atoms with van der Waals surface area (Å²) in [6.07, 6.45) is -10.5. The summed E-state index contributed by atoms with van der Waals surface area (Å²) in [4.78, 5) is 0. The molecule has 0 aromatic carbocycles. The number of rotatable bonds is 3. The molecule has 2 unspecified atom stereocenters. The Morgan fingerprint density at radius 3 is 1.45 bits per heavy atom. The van der Waals surface area contributed by atoms with E-state index in [9.17, 15) is 26.3 Å². The number of alkyl halides is 6. The molecule has 0 spiro atoms. The third-order valence-electron chi connectivity index (χ3n) is 1.12. The Morgan fingerprint density at radius 2 is 1.36 bits per heavy atom. The molecule has 0 bridgehead atoms. The molecule has 0 N–H and O–H groups in total. The van der Waals surface area contributed by atoms with Gasteiger partial charge in [-0.25, -0.2) is 17.6 Å². The fraction of sp³-hybridized carbons (Fsp3) is 1.00. The minimum atomic E-state index is -4.60. The lowest BCUT2D eigenvalue weighted by Crippen LogP contribution is -2.42. The molecule has 0 aromatic rings. The maximum Gasteiger partial charge on any atom is 0.314 e. The van der Waals surface area contributed by atoms with Crippen molar-refractivity contribution in [3.05, 3.63) is 0 Å².